The van der Waals surface area contributed by atoms with Gasteiger partial charge in [-0.05, 0) is 30.7 Å². The zero-order valence-electron chi connectivity index (χ0n) is 17.0. The van der Waals surface area contributed by atoms with Crippen molar-refractivity contribution in [3.63, 3.8) is 0 Å². The third-order valence-corrected chi connectivity index (χ3v) is 5.97. The molecular weight excluding hydrogens is 372 g/mol. The second-order valence-corrected chi connectivity index (χ2v) is 7.97. The van der Waals surface area contributed by atoms with Gasteiger partial charge >= 0.3 is 12.0 Å². The number of hydrogen-bond acceptors (Lipinski definition) is 5. The predicted octanol–water partition coefficient (Wildman–Crippen LogP) is 2.87. The van der Waals surface area contributed by atoms with Crippen LogP contribution in [0.25, 0.3) is 0 Å². The fourth-order valence-electron chi connectivity index (χ4n) is 4.19. The maximum absolute atomic E-state index is 12.9. The number of rotatable bonds is 7. The van der Waals surface area contributed by atoms with Gasteiger partial charge < -0.3 is 10.1 Å². The summed E-state index contributed by atoms with van der Waals surface area (Å²) in [7, 11) is 0. The number of esters is 1. The number of carbonyl (C=O) groups excluding carboxylic acids is 4. The Morgan fingerprint density at radius 2 is 1.93 bits per heavy atom. The summed E-state index contributed by atoms with van der Waals surface area (Å²) in [5.41, 5.74) is 0.694. The Bertz CT molecular complexity index is 804. The molecule has 7 heteroatoms. The summed E-state index contributed by atoms with van der Waals surface area (Å²) in [6, 6.07) is 6.63. The number of hydrogen-bond donors (Lipinski definition) is 1. The van der Waals surface area contributed by atoms with E-state index in [9.17, 15) is 19.2 Å². The number of aryl methyl sites for hydroxylation is 1. The molecule has 1 saturated carbocycles. The molecule has 0 bridgehead atoms. The molecule has 29 heavy (non-hydrogen) atoms. The van der Waals surface area contributed by atoms with E-state index in [4.69, 9.17) is 4.74 Å². The molecular formula is C22H28N2O5. The lowest BCUT2D eigenvalue weighted by atomic mass is 9.73. The predicted molar refractivity (Wildman–Crippen MR) is 106 cm³/mol. The Hall–Kier alpha value is -2.70. The van der Waals surface area contributed by atoms with E-state index in [0.717, 1.165) is 42.6 Å². The van der Waals surface area contributed by atoms with E-state index in [1.807, 2.05) is 19.1 Å². The van der Waals surface area contributed by atoms with Crippen molar-refractivity contribution in [2.24, 2.45) is 5.92 Å². The van der Waals surface area contributed by atoms with E-state index in [2.05, 4.69) is 12.2 Å². The molecule has 1 aromatic carbocycles. The van der Waals surface area contributed by atoms with Crippen LogP contribution in [-0.2, 0) is 20.7 Å². The summed E-state index contributed by atoms with van der Waals surface area (Å²) >= 11 is 0. The highest BCUT2D eigenvalue weighted by molar-refractivity contribution is 6.09. The van der Waals surface area contributed by atoms with Crippen molar-refractivity contribution in [3.05, 3.63) is 35.4 Å². The van der Waals surface area contributed by atoms with Crippen LogP contribution in [0.4, 0.5) is 4.79 Å². The number of nitrogens with one attached hydrogen (secondary N) is 1. The van der Waals surface area contributed by atoms with Gasteiger partial charge in [0.15, 0.2) is 12.4 Å². The van der Waals surface area contributed by atoms with Crippen LogP contribution in [0, 0.1) is 5.92 Å². The maximum Gasteiger partial charge on any atom is 0.326 e. The van der Waals surface area contributed by atoms with Gasteiger partial charge in [0.05, 0.1) is 0 Å². The minimum Gasteiger partial charge on any atom is -0.456 e. The fraction of sp³-hybridized carbons (Fsp3) is 0.545. The quantitative estimate of drug-likeness (QED) is 0.432. The van der Waals surface area contributed by atoms with Gasteiger partial charge in [0, 0.05) is 5.56 Å². The van der Waals surface area contributed by atoms with Crippen LogP contribution in [0.3, 0.4) is 0 Å². The number of urea groups is 1. The maximum atomic E-state index is 12.9. The second kappa shape index (κ2) is 8.76. The average molecular weight is 400 g/mol. The molecule has 7 nitrogen and oxygen atoms in total. The molecule has 156 valence electrons. The van der Waals surface area contributed by atoms with Crippen LogP contribution in [-0.4, -0.2) is 47.3 Å². The lowest BCUT2D eigenvalue weighted by molar-refractivity contribution is -0.147. The first-order valence-corrected chi connectivity index (χ1v) is 10.3. The summed E-state index contributed by atoms with van der Waals surface area (Å²) in [6.45, 7) is 3.13. The monoisotopic (exact) mass is 400 g/mol. The van der Waals surface area contributed by atoms with Crippen LogP contribution >= 0.6 is 0 Å². The first-order chi connectivity index (χ1) is 13.9. The summed E-state index contributed by atoms with van der Waals surface area (Å²) in [4.78, 5) is 50.5. The molecule has 0 aromatic heterocycles. The van der Waals surface area contributed by atoms with Crippen molar-refractivity contribution < 1.29 is 23.9 Å². The van der Waals surface area contributed by atoms with Crippen molar-refractivity contribution in [3.8, 4) is 0 Å². The van der Waals surface area contributed by atoms with Gasteiger partial charge in [0.2, 0.25) is 0 Å². The lowest BCUT2D eigenvalue weighted by Crippen LogP contribution is -2.54. The molecule has 1 spiro atoms. The van der Waals surface area contributed by atoms with E-state index in [1.54, 1.807) is 12.1 Å². The number of ketones is 1. The minimum absolute atomic E-state index is 0.0194. The van der Waals surface area contributed by atoms with E-state index in [1.165, 1.54) is 0 Å². The van der Waals surface area contributed by atoms with Crippen molar-refractivity contribution in [1.29, 1.82) is 0 Å². The van der Waals surface area contributed by atoms with Gasteiger partial charge in [-0.25, -0.2) is 4.79 Å². The van der Waals surface area contributed by atoms with Gasteiger partial charge in [-0.3, -0.25) is 19.3 Å². The summed E-state index contributed by atoms with van der Waals surface area (Å²) in [5, 5.41) is 2.79. The Morgan fingerprint density at radius 1 is 1.21 bits per heavy atom. The number of amides is 3. The van der Waals surface area contributed by atoms with E-state index in [-0.39, 0.29) is 17.6 Å². The molecule has 1 saturated heterocycles. The van der Waals surface area contributed by atoms with Gasteiger partial charge in [0.1, 0.15) is 12.1 Å². The van der Waals surface area contributed by atoms with Gasteiger partial charge in [0.25, 0.3) is 5.91 Å². The van der Waals surface area contributed by atoms with E-state index >= 15 is 0 Å². The molecule has 0 radical (unpaired) electrons. The highest BCUT2D eigenvalue weighted by Gasteiger charge is 2.55. The van der Waals surface area contributed by atoms with Crippen LogP contribution in [0.2, 0.25) is 0 Å². The highest BCUT2D eigenvalue weighted by Crippen LogP contribution is 2.38. The Kier molecular flexibility index (Phi) is 6.35. The van der Waals surface area contributed by atoms with Crippen molar-refractivity contribution >= 4 is 23.7 Å². The van der Waals surface area contributed by atoms with Crippen molar-refractivity contribution in [2.75, 3.05) is 13.2 Å². The molecule has 0 unspecified atom stereocenters. The number of carbonyl (C=O) groups is 4. The molecule has 3 amide bonds. The number of Topliss-reactive ketones (excluding diaryl/α,β-unsaturated/α-hetero) is 1. The molecule has 3 rings (SSSR count). The van der Waals surface area contributed by atoms with Crippen LogP contribution in [0.5, 0.6) is 0 Å². The van der Waals surface area contributed by atoms with E-state index < -0.39 is 30.7 Å². The van der Waals surface area contributed by atoms with Gasteiger partial charge in [-0.15, -0.1) is 0 Å². The van der Waals surface area contributed by atoms with E-state index in [0.29, 0.717) is 12.0 Å². The summed E-state index contributed by atoms with van der Waals surface area (Å²) in [6.07, 6.45) is 5.28. The SMILES string of the molecule is CCCc1ccc(C(=O)COC(=O)CN2C(=O)N[C@]3(CCCC[C@H]3C)C2=O)cc1. The zero-order valence-corrected chi connectivity index (χ0v) is 17.0. The molecule has 1 heterocycles. The largest absolute Gasteiger partial charge is 0.456 e. The second-order valence-electron chi connectivity index (χ2n) is 7.97. The average Bonchev–Trinajstić information content (AvgIpc) is 2.94. The Morgan fingerprint density at radius 3 is 2.59 bits per heavy atom. The lowest BCUT2D eigenvalue weighted by Gasteiger charge is -2.36. The molecule has 1 aromatic rings. The Balaban J connectivity index is 1.54. The van der Waals surface area contributed by atoms with Crippen LogP contribution in [0.15, 0.2) is 24.3 Å². The highest BCUT2D eigenvalue weighted by atomic mass is 16.5. The number of ether oxygens (including phenoxy) is 1. The van der Waals surface area contributed by atoms with Gasteiger partial charge in [-0.2, -0.15) is 0 Å². The number of imide groups is 1. The molecule has 2 fully saturated rings. The van der Waals surface area contributed by atoms with Crippen molar-refractivity contribution in [1.82, 2.24) is 10.2 Å². The molecule has 1 N–H and O–H groups in total. The molecule has 2 atom stereocenters. The number of nitrogens with zero attached hydrogens (tertiary/aromatic N) is 1. The van der Waals surface area contributed by atoms with Gasteiger partial charge in [-0.1, -0.05) is 57.4 Å². The third kappa shape index (κ3) is 4.33. The zero-order chi connectivity index (χ0) is 21.0. The topological polar surface area (TPSA) is 92.8 Å². The molecule has 1 aliphatic carbocycles. The summed E-state index contributed by atoms with van der Waals surface area (Å²) < 4.78 is 5.03. The van der Waals surface area contributed by atoms with Crippen molar-refractivity contribution in [2.45, 2.75) is 57.9 Å². The third-order valence-electron chi connectivity index (χ3n) is 5.97. The fourth-order valence-corrected chi connectivity index (χ4v) is 4.19. The first kappa shape index (κ1) is 21.0. The molecule has 2 aliphatic rings. The normalized spacial score (nSPS) is 23.9. The minimum atomic E-state index is -0.911. The van der Waals surface area contributed by atoms with Crippen LogP contribution in [0.1, 0.15) is 61.9 Å². The number of benzene rings is 1. The Labute approximate surface area is 170 Å². The smallest absolute Gasteiger partial charge is 0.326 e. The standard InChI is InChI=1S/C22H28N2O5/c1-3-6-16-8-10-17(11-9-16)18(25)14-29-19(26)13-24-20(27)22(23-21(24)28)12-5-4-7-15(22)2/h8-11,15H,3-7,12-14H2,1-2H3,(H,23,28)/t15-,22+/m1/s1. The van der Waals surface area contributed by atoms with Crippen LogP contribution < -0.4 is 5.32 Å². The summed E-state index contributed by atoms with van der Waals surface area (Å²) in [5.74, 6) is -1.45. The molecule has 1 aliphatic heterocycles. The first-order valence-electron chi connectivity index (χ1n) is 10.3.